The molecule has 0 fully saturated rings. The summed E-state index contributed by atoms with van der Waals surface area (Å²) in [4.78, 5) is 16.7. The molecule has 0 aliphatic heterocycles. The summed E-state index contributed by atoms with van der Waals surface area (Å²) in [5.74, 6) is 0.126. The topological polar surface area (TPSA) is 39.2 Å². The highest BCUT2D eigenvalue weighted by molar-refractivity contribution is 7.13. The molecule has 0 radical (unpaired) electrons. The van der Waals surface area contributed by atoms with Gasteiger partial charge in [0.1, 0.15) is 11.6 Å². The third-order valence-electron chi connectivity index (χ3n) is 3.74. The second-order valence-electron chi connectivity index (χ2n) is 5.86. The van der Waals surface area contributed by atoms with E-state index >= 15 is 0 Å². The van der Waals surface area contributed by atoms with E-state index in [0.717, 1.165) is 16.3 Å². The van der Waals surface area contributed by atoms with E-state index in [1.54, 1.807) is 11.3 Å². The van der Waals surface area contributed by atoms with Crippen molar-refractivity contribution in [1.82, 2.24) is 4.98 Å². The number of carbonyl (C=O) groups is 1. The van der Waals surface area contributed by atoms with Gasteiger partial charge in [-0.1, -0.05) is 56.3 Å². The predicted octanol–water partition coefficient (Wildman–Crippen LogP) is 5.29. The molecule has 0 atom stereocenters. The average Bonchev–Trinajstić information content (AvgIpc) is 3.09. The van der Waals surface area contributed by atoms with Gasteiger partial charge in [0.25, 0.3) is 0 Å². The van der Waals surface area contributed by atoms with E-state index in [4.69, 9.17) is 4.74 Å². The summed E-state index contributed by atoms with van der Waals surface area (Å²) in [6.07, 6.45) is 0. The van der Waals surface area contributed by atoms with Crippen LogP contribution in [-0.2, 0) is 11.3 Å². The number of carbonyl (C=O) groups excluding carboxylic acids is 1. The van der Waals surface area contributed by atoms with Crippen LogP contribution in [0.15, 0.2) is 60.0 Å². The van der Waals surface area contributed by atoms with E-state index in [1.807, 2.05) is 60.0 Å². The van der Waals surface area contributed by atoms with Gasteiger partial charge in [0, 0.05) is 10.9 Å². The molecule has 0 spiro atoms. The van der Waals surface area contributed by atoms with Crippen molar-refractivity contribution in [2.45, 2.75) is 26.4 Å². The number of aromatic nitrogens is 1. The fourth-order valence-corrected chi connectivity index (χ4v) is 3.12. The number of rotatable bonds is 5. The van der Waals surface area contributed by atoms with E-state index < -0.39 is 0 Å². The van der Waals surface area contributed by atoms with Gasteiger partial charge in [-0.2, -0.15) is 0 Å². The van der Waals surface area contributed by atoms with Gasteiger partial charge in [-0.05, 0) is 23.6 Å². The van der Waals surface area contributed by atoms with E-state index in [9.17, 15) is 4.79 Å². The van der Waals surface area contributed by atoms with Crippen LogP contribution < -0.4 is 0 Å². The van der Waals surface area contributed by atoms with E-state index in [-0.39, 0.29) is 12.6 Å². The Hall–Kier alpha value is -2.46. The van der Waals surface area contributed by atoms with E-state index in [2.05, 4.69) is 18.8 Å². The molecule has 0 amide bonds. The molecule has 4 heteroatoms. The zero-order valence-corrected chi connectivity index (χ0v) is 14.5. The van der Waals surface area contributed by atoms with Gasteiger partial charge in [-0.25, -0.2) is 9.78 Å². The van der Waals surface area contributed by atoms with E-state index in [0.29, 0.717) is 11.5 Å². The Kier molecular flexibility index (Phi) is 5.06. The lowest BCUT2D eigenvalue weighted by Gasteiger charge is -2.07. The highest BCUT2D eigenvalue weighted by Crippen LogP contribution is 2.23. The Balaban J connectivity index is 1.61. The molecule has 1 aromatic heterocycles. The molecular formula is C20H19NO2S. The Morgan fingerprint density at radius 3 is 2.46 bits per heavy atom. The van der Waals surface area contributed by atoms with Gasteiger partial charge in [0.15, 0.2) is 0 Å². The summed E-state index contributed by atoms with van der Waals surface area (Å²) in [6.45, 7) is 4.44. The summed E-state index contributed by atoms with van der Waals surface area (Å²) in [6, 6.07) is 17.5. The summed E-state index contributed by atoms with van der Waals surface area (Å²) < 4.78 is 5.37. The Morgan fingerprint density at radius 1 is 1.08 bits per heavy atom. The number of ether oxygens (including phenoxy) is 1. The number of benzene rings is 2. The van der Waals surface area contributed by atoms with Crippen molar-refractivity contribution in [1.29, 1.82) is 0 Å². The first kappa shape index (κ1) is 16.4. The lowest BCUT2D eigenvalue weighted by molar-refractivity contribution is 0.0468. The molecule has 1 heterocycles. The highest BCUT2D eigenvalue weighted by Gasteiger charge is 2.10. The molecule has 2 aromatic carbocycles. The van der Waals surface area contributed by atoms with Gasteiger partial charge >= 0.3 is 5.97 Å². The predicted molar refractivity (Wildman–Crippen MR) is 97.2 cm³/mol. The zero-order chi connectivity index (χ0) is 16.9. The number of nitrogens with zero attached hydrogens (tertiary/aromatic N) is 1. The first-order valence-electron chi connectivity index (χ1n) is 7.90. The Bertz CT molecular complexity index is 807. The molecule has 0 saturated carbocycles. The smallest absolute Gasteiger partial charge is 0.338 e. The van der Waals surface area contributed by atoms with Crippen molar-refractivity contribution in [2.75, 3.05) is 0 Å². The number of esters is 1. The van der Waals surface area contributed by atoms with Crippen molar-refractivity contribution >= 4 is 17.3 Å². The first-order chi connectivity index (χ1) is 11.6. The third kappa shape index (κ3) is 3.89. The fourth-order valence-electron chi connectivity index (χ4n) is 2.31. The molecule has 3 aromatic rings. The lowest BCUT2D eigenvalue weighted by Crippen LogP contribution is -2.05. The van der Waals surface area contributed by atoms with E-state index in [1.165, 1.54) is 5.56 Å². The molecule has 122 valence electrons. The van der Waals surface area contributed by atoms with Gasteiger partial charge in [0.05, 0.1) is 11.3 Å². The van der Waals surface area contributed by atoms with Crippen LogP contribution >= 0.6 is 11.3 Å². The minimum absolute atomic E-state index is 0.189. The summed E-state index contributed by atoms with van der Waals surface area (Å²) in [7, 11) is 0. The minimum Gasteiger partial charge on any atom is -0.456 e. The summed E-state index contributed by atoms with van der Waals surface area (Å²) in [5.41, 5.74) is 3.62. The minimum atomic E-state index is -0.320. The largest absolute Gasteiger partial charge is 0.456 e. The van der Waals surface area contributed by atoms with Crippen LogP contribution in [0.4, 0.5) is 0 Å². The van der Waals surface area contributed by atoms with Crippen LogP contribution in [0.25, 0.3) is 10.6 Å². The van der Waals surface area contributed by atoms with Crippen LogP contribution in [-0.4, -0.2) is 11.0 Å². The molecule has 3 rings (SSSR count). The highest BCUT2D eigenvalue weighted by atomic mass is 32.1. The molecule has 0 bridgehead atoms. The Labute approximate surface area is 146 Å². The maximum Gasteiger partial charge on any atom is 0.338 e. The van der Waals surface area contributed by atoms with Crippen LogP contribution in [0.2, 0.25) is 0 Å². The van der Waals surface area contributed by atoms with Gasteiger partial charge < -0.3 is 4.74 Å². The second-order valence-corrected chi connectivity index (χ2v) is 6.72. The quantitative estimate of drug-likeness (QED) is 0.594. The second kappa shape index (κ2) is 7.41. The third-order valence-corrected chi connectivity index (χ3v) is 4.68. The van der Waals surface area contributed by atoms with Crippen molar-refractivity contribution in [2.24, 2.45) is 0 Å². The summed E-state index contributed by atoms with van der Waals surface area (Å²) in [5, 5.41) is 2.86. The Morgan fingerprint density at radius 2 is 1.79 bits per heavy atom. The molecule has 0 saturated heterocycles. The maximum atomic E-state index is 12.1. The van der Waals surface area contributed by atoms with Crippen LogP contribution in [0.3, 0.4) is 0 Å². The number of thiazole rings is 1. The molecule has 0 N–H and O–H groups in total. The lowest BCUT2D eigenvalue weighted by atomic mass is 10.0. The molecule has 0 unspecified atom stereocenters. The number of hydrogen-bond acceptors (Lipinski definition) is 4. The molecule has 3 nitrogen and oxygen atoms in total. The zero-order valence-electron chi connectivity index (χ0n) is 13.7. The number of hydrogen-bond donors (Lipinski definition) is 0. The molecule has 24 heavy (non-hydrogen) atoms. The van der Waals surface area contributed by atoms with Crippen LogP contribution in [0, 0.1) is 0 Å². The maximum absolute atomic E-state index is 12.1. The van der Waals surface area contributed by atoms with Crippen molar-refractivity contribution in [3.05, 3.63) is 76.8 Å². The van der Waals surface area contributed by atoms with Crippen LogP contribution in [0.5, 0.6) is 0 Å². The first-order valence-corrected chi connectivity index (χ1v) is 8.78. The summed E-state index contributed by atoms with van der Waals surface area (Å²) >= 11 is 1.55. The van der Waals surface area contributed by atoms with Gasteiger partial charge in [-0.3, -0.25) is 0 Å². The van der Waals surface area contributed by atoms with Crippen molar-refractivity contribution in [3.8, 4) is 10.6 Å². The fraction of sp³-hybridized carbons (Fsp3) is 0.200. The van der Waals surface area contributed by atoms with Crippen LogP contribution in [0.1, 0.15) is 41.4 Å². The molecule has 0 aliphatic rings. The standard InChI is InChI=1S/C20H19NO2S/c1-14(2)15-8-10-17(11-9-15)20(22)23-12-18-13-24-19(21-18)16-6-4-3-5-7-16/h3-11,13-14H,12H2,1-2H3. The average molecular weight is 337 g/mol. The van der Waals surface area contributed by atoms with Crippen molar-refractivity contribution < 1.29 is 9.53 Å². The van der Waals surface area contributed by atoms with Gasteiger partial charge in [0.2, 0.25) is 0 Å². The normalized spacial score (nSPS) is 10.8. The SMILES string of the molecule is CC(C)c1ccc(C(=O)OCc2csc(-c3ccccc3)n2)cc1. The monoisotopic (exact) mass is 337 g/mol. The van der Waals surface area contributed by atoms with Gasteiger partial charge in [-0.15, -0.1) is 11.3 Å². The van der Waals surface area contributed by atoms with Crippen molar-refractivity contribution in [3.63, 3.8) is 0 Å². The molecular weight excluding hydrogens is 318 g/mol. The molecule has 0 aliphatic carbocycles.